The first-order valence-corrected chi connectivity index (χ1v) is 7.23. The maximum Gasteiger partial charge on any atom is 0.222 e. The summed E-state index contributed by atoms with van der Waals surface area (Å²) in [6, 6.07) is 0.417. The number of ether oxygens (including phenoxy) is 1. The van der Waals surface area contributed by atoms with Crippen molar-refractivity contribution in [2.24, 2.45) is 0 Å². The minimum Gasteiger partial charge on any atom is -0.433 e. The standard InChI is InChI=1S/C15H19N5O/c1-8(9(2)16)11-12-13(21-14(11)17)15(19-7-18-12)20-10-5-3-4-6-10/h7,10,16-17H,3-6H2,1-2H3,(H,18,19,20)/b11-8-,16-9?,17-14?. The molecule has 0 atom stereocenters. The Hall–Kier alpha value is -2.24. The van der Waals surface area contributed by atoms with E-state index < -0.39 is 0 Å². The van der Waals surface area contributed by atoms with Gasteiger partial charge >= 0.3 is 0 Å². The largest absolute Gasteiger partial charge is 0.433 e. The Bertz CT molecular complexity index is 643. The maximum absolute atomic E-state index is 8.02. The predicted molar refractivity (Wildman–Crippen MR) is 82.3 cm³/mol. The predicted octanol–water partition coefficient (Wildman–Crippen LogP) is 3.01. The molecule has 0 saturated heterocycles. The highest BCUT2D eigenvalue weighted by atomic mass is 16.5. The third-order valence-corrected chi connectivity index (χ3v) is 4.11. The molecule has 21 heavy (non-hydrogen) atoms. The second-order valence-electron chi connectivity index (χ2n) is 5.58. The molecule has 0 aromatic carbocycles. The second kappa shape index (κ2) is 5.27. The number of anilines is 1. The lowest BCUT2D eigenvalue weighted by molar-refractivity contribution is 0.560. The average molecular weight is 285 g/mol. The van der Waals surface area contributed by atoms with Crippen LogP contribution in [-0.4, -0.2) is 27.6 Å². The van der Waals surface area contributed by atoms with Crippen molar-refractivity contribution in [1.82, 2.24) is 9.97 Å². The van der Waals surface area contributed by atoms with E-state index in [-0.39, 0.29) is 5.90 Å². The molecular weight excluding hydrogens is 266 g/mol. The molecule has 1 aliphatic carbocycles. The van der Waals surface area contributed by atoms with Gasteiger partial charge in [0.05, 0.1) is 5.57 Å². The molecule has 6 heteroatoms. The zero-order valence-corrected chi connectivity index (χ0v) is 12.3. The fourth-order valence-corrected chi connectivity index (χ4v) is 2.81. The normalized spacial score (nSPS) is 20.2. The van der Waals surface area contributed by atoms with Crippen LogP contribution in [0.2, 0.25) is 0 Å². The SMILES string of the molecule is CC(=N)/C(C)=C1\C(=N)Oc2c(NC3CCCC3)ncnc21. The van der Waals surface area contributed by atoms with Gasteiger partial charge in [-0.2, -0.15) is 0 Å². The summed E-state index contributed by atoms with van der Waals surface area (Å²) in [4.78, 5) is 8.53. The minimum atomic E-state index is 0.0454. The van der Waals surface area contributed by atoms with Gasteiger partial charge in [0.2, 0.25) is 5.90 Å². The summed E-state index contributed by atoms with van der Waals surface area (Å²) in [7, 11) is 0. The summed E-state index contributed by atoms with van der Waals surface area (Å²) in [5, 5.41) is 19.2. The number of hydrogen-bond acceptors (Lipinski definition) is 6. The second-order valence-corrected chi connectivity index (χ2v) is 5.58. The Morgan fingerprint density at radius 3 is 2.67 bits per heavy atom. The molecule has 2 heterocycles. The van der Waals surface area contributed by atoms with Crippen molar-refractivity contribution in [3.8, 4) is 5.75 Å². The van der Waals surface area contributed by atoms with Gasteiger partial charge in [0.1, 0.15) is 12.0 Å². The molecule has 1 fully saturated rings. The van der Waals surface area contributed by atoms with Crippen molar-refractivity contribution in [2.75, 3.05) is 5.32 Å². The van der Waals surface area contributed by atoms with Crippen LogP contribution in [0, 0.1) is 10.8 Å². The van der Waals surface area contributed by atoms with Gasteiger partial charge in [-0.05, 0) is 32.3 Å². The van der Waals surface area contributed by atoms with Gasteiger partial charge in [-0.3, -0.25) is 5.41 Å². The molecule has 3 rings (SSSR count). The Labute approximate surface area is 123 Å². The first-order chi connectivity index (χ1) is 10.1. The molecule has 0 bridgehead atoms. The van der Waals surface area contributed by atoms with Gasteiger partial charge < -0.3 is 15.5 Å². The Morgan fingerprint density at radius 2 is 2.00 bits per heavy atom. The zero-order valence-electron chi connectivity index (χ0n) is 12.3. The zero-order chi connectivity index (χ0) is 15.0. The van der Waals surface area contributed by atoms with Crippen LogP contribution < -0.4 is 10.1 Å². The third kappa shape index (κ3) is 2.41. The summed E-state index contributed by atoms with van der Waals surface area (Å²) < 4.78 is 5.57. The number of hydrogen-bond donors (Lipinski definition) is 3. The lowest BCUT2D eigenvalue weighted by Gasteiger charge is -2.13. The molecule has 0 spiro atoms. The highest BCUT2D eigenvalue weighted by molar-refractivity contribution is 6.28. The fourth-order valence-electron chi connectivity index (χ4n) is 2.81. The first-order valence-electron chi connectivity index (χ1n) is 7.23. The molecule has 1 saturated carbocycles. The van der Waals surface area contributed by atoms with E-state index >= 15 is 0 Å². The molecule has 0 unspecified atom stereocenters. The Balaban J connectivity index is 2.00. The summed E-state index contributed by atoms with van der Waals surface area (Å²) in [6.07, 6.45) is 6.23. The summed E-state index contributed by atoms with van der Waals surface area (Å²) in [6.45, 7) is 3.52. The molecule has 1 aliphatic heterocycles. The Morgan fingerprint density at radius 1 is 1.29 bits per heavy atom. The third-order valence-electron chi connectivity index (χ3n) is 4.11. The van der Waals surface area contributed by atoms with Crippen molar-refractivity contribution >= 4 is 23.0 Å². The lowest BCUT2D eigenvalue weighted by Crippen LogP contribution is -2.16. The van der Waals surface area contributed by atoms with Crippen molar-refractivity contribution in [2.45, 2.75) is 45.6 Å². The van der Waals surface area contributed by atoms with Gasteiger partial charge in [0.25, 0.3) is 0 Å². The van der Waals surface area contributed by atoms with Crippen LogP contribution in [0.25, 0.3) is 5.57 Å². The van der Waals surface area contributed by atoms with E-state index in [2.05, 4.69) is 15.3 Å². The molecule has 1 aromatic rings. The molecule has 6 nitrogen and oxygen atoms in total. The number of allylic oxidation sites excluding steroid dienone is 1. The molecule has 110 valence electrons. The molecular formula is C15H19N5O. The van der Waals surface area contributed by atoms with Crippen molar-refractivity contribution in [1.29, 1.82) is 10.8 Å². The van der Waals surface area contributed by atoms with E-state index in [0.29, 0.717) is 40.2 Å². The summed E-state index contributed by atoms with van der Waals surface area (Å²) >= 11 is 0. The Kier molecular flexibility index (Phi) is 3.45. The van der Waals surface area contributed by atoms with E-state index in [4.69, 9.17) is 15.6 Å². The molecule has 3 N–H and O–H groups in total. The molecule has 0 radical (unpaired) electrons. The highest BCUT2D eigenvalue weighted by Gasteiger charge is 2.32. The van der Waals surface area contributed by atoms with Crippen LogP contribution >= 0.6 is 0 Å². The summed E-state index contributed by atoms with van der Waals surface area (Å²) in [5.74, 6) is 1.22. The van der Waals surface area contributed by atoms with Gasteiger partial charge in [0.15, 0.2) is 11.6 Å². The van der Waals surface area contributed by atoms with Gasteiger partial charge in [-0.25, -0.2) is 9.97 Å². The average Bonchev–Trinajstić information content (AvgIpc) is 3.05. The molecule has 1 aromatic heterocycles. The summed E-state index contributed by atoms with van der Waals surface area (Å²) in [5.41, 5.74) is 2.33. The smallest absolute Gasteiger partial charge is 0.222 e. The van der Waals surface area contributed by atoms with Gasteiger partial charge in [0, 0.05) is 11.8 Å². The molecule has 2 aliphatic rings. The lowest BCUT2D eigenvalue weighted by atomic mass is 10.0. The van der Waals surface area contributed by atoms with Crippen molar-refractivity contribution < 1.29 is 4.74 Å². The van der Waals surface area contributed by atoms with E-state index in [0.717, 1.165) is 12.8 Å². The number of fused-ring (bicyclic) bond motifs is 1. The van der Waals surface area contributed by atoms with E-state index in [1.165, 1.54) is 19.2 Å². The fraction of sp³-hybridized carbons (Fsp3) is 0.467. The van der Waals surface area contributed by atoms with Crippen LogP contribution in [-0.2, 0) is 0 Å². The quantitative estimate of drug-likeness (QED) is 0.744. The van der Waals surface area contributed by atoms with E-state index in [1.54, 1.807) is 6.92 Å². The van der Waals surface area contributed by atoms with Gasteiger partial charge in [-0.15, -0.1) is 0 Å². The van der Waals surface area contributed by atoms with Crippen LogP contribution in [0.4, 0.5) is 5.82 Å². The molecule has 0 amide bonds. The van der Waals surface area contributed by atoms with E-state index in [1.807, 2.05) is 6.92 Å². The number of nitrogens with one attached hydrogen (secondary N) is 3. The topological polar surface area (TPSA) is 94.7 Å². The van der Waals surface area contributed by atoms with Crippen LogP contribution in [0.1, 0.15) is 45.2 Å². The maximum atomic E-state index is 8.02. The van der Waals surface area contributed by atoms with Gasteiger partial charge in [-0.1, -0.05) is 12.8 Å². The van der Waals surface area contributed by atoms with Crippen molar-refractivity contribution in [3.63, 3.8) is 0 Å². The monoisotopic (exact) mass is 285 g/mol. The minimum absolute atomic E-state index is 0.0454. The van der Waals surface area contributed by atoms with Crippen LogP contribution in [0.15, 0.2) is 11.9 Å². The van der Waals surface area contributed by atoms with Crippen LogP contribution in [0.3, 0.4) is 0 Å². The van der Waals surface area contributed by atoms with E-state index in [9.17, 15) is 0 Å². The van der Waals surface area contributed by atoms with Crippen molar-refractivity contribution in [3.05, 3.63) is 17.6 Å². The highest BCUT2D eigenvalue weighted by Crippen LogP contribution is 2.39. The van der Waals surface area contributed by atoms with Crippen LogP contribution in [0.5, 0.6) is 5.75 Å². The first kappa shape index (κ1) is 13.7. The number of aromatic nitrogens is 2. The number of nitrogens with zero attached hydrogens (tertiary/aromatic N) is 2. The number of rotatable bonds is 3.